The summed E-state index contributed by atoms with van der Waals surface area (Å²) in [5, 5.41) is -0.591. The predicted molar refractivity (Wildman–Crippen MR) is 51.8 cm³/mol. The van der Waals surface area contributed by atoms with Gasteiger partial charge in [0.25, 0.3) is 6.43 Å². The van der Waals surface area contributed by atoms with E-state index in [1.807, 2.05) is 0 Å². The summed E-state index contributed by atoms with van der Waals surface area (Å²) >= 11 is 8.28. The normalized spacial score (nSPS) is 12.2. The third kappa shape index (κ3) is 2.82. The van der Waals surface area contributed by atoms with E-state index in [1.165, 1.54) is 0 Å². The molecule has 0 atom stereocenters. The van der Waals surface area contributed by atoms with Crippen LogP contribution in [0.3, 0.4) is 0 Å². The maximum absolute atomic E-state index is 12.5. The van der Waals surface area contributed by atoms with Gasteiger partial charge < -0.3 is 0 Å². The van der Waals surface area contributed by atoms with E-state index in [4.69, 9.17) is 11.6 Å². The first-order valence-electron chi connectivity index (χ1n) is 3.88. The Hall–Kier alpha value is -0.430. The fourth-order valence-corrected chi connectivity index (χ4v) is 2.03. The first kappa shape index (κ1) is 13.6. The molecule has 0 aromatic carbocycles. The molecule has 0 saturated heterocycles. The molecule has 0 N–H and O–H groups in total. The van der Waals surface area contributed by atoms with Gasteiger partial charge in [0.2, 0.25) is 0 Å². The van der Waals surface area contributed by atoms with Gasteiger partial charge in [0.05, 0.1) is 0 Å². The van der Waals surface area contributed by atoms with Crippen LogP contribution in [0.15, 0.2) is 6.07 Å². The average molecular weight is 324 g/mol. The van der Waals surface area contributed by atoms with Crippen LogP contribution in [0.25, 0.3) is 0 Å². The fraction of sp³-hybridized carbons (Fsp3) is 0.375. The second-order valence-electron chi connectivity index (χ2n) is 2.79. The number of hydrogen-bond donors (Lipinski definition) is 0. The van der Waals surface area contributed by atoms with Crippen LogP contribution in [0, 0.1) is 0 Å². The van der Waals surface area contributed by atoms with Crippen molar-refractivity contribution in [1.29, 1.82) is 0 Å². The molecule has 1 aromatic heterocycles. The zero-order valence-corrected chi connectivity index (χ0v) is 9.80. The SMILES string of the molecule is FC(F)c1cc(Cl)c(CBr)c(C(F)(F)F)n1. The lowest BCUT2D eigenvalue weighted by atomic mass is 10.2. The molecule has 0 aliphatic heterocycles. The van der Waals surface area contributed by atoms with Crippen LogP contribution in [-0.2, 0) is 11.5 Å². The van der Waals surface area contributed by atoms with Crippen molar-refractivity contribution in [2.24, 2.45) is 0 Å². The molecule has 0 amide bonds. The van der Waals surface area contributed by atoms with Gasteiger partial charge in [-0.1, -0.05) is 27.5 Å². The van der Waals surface area contributed by atoms with Crippen LogP contribution in [0.5, 0.6) is 0 Å². The standard InChI is InChI=1S/C8H4BrClF5N/c9-2-3-4(10)1-5(7(11)12)16-6(3)8(13,14)15/h1,7H,2H2. The van der Waals surface area contributed by atoms with E-state index < -0.39 is 24.0 Å². The van der Waals surface area contributed by atoms with Gasteiger partial charge in [-0.15, -0.1) is 0 Å². The summed E-state index contributed by atoms with van der Waals surface area (Å²) in [4.78, 5) is 2.89. The molecule has 90 valence electrons. The summed E-state index contributed by atoms with van der Waals surface area (Å²) in [6, 6.07) is 0.734. The first-order chi connectivity index (χ1) is 7.27. The Bertz CT molecular complexity index is 393. The van der Waals surface area contributed by atoms with E-state index in [0.717, 1.165) is 6.07 Å². The van der Waals surface area contributed by atoms with Crippen molar-refractivity contribution in [3.63, 3.8) is 0 Å². The molecule has 0 saturated carbocycles. The lowest BCUT2D eigenvalue weighted by molar-refractivity contribution is -0.141. The number of hydrogen-bond acceptors (Lipinski definition) is 1. The molecule has 0 spiro atoms. The molecular formula is C8H4BrClF5N. The van der Waals surface area contributed by atoms with Crippen molar-refractivity contribution >= 4 is 27.5 Å². The highest BCUT2D eigenvalue weighted by Gasteiger charge is 2.37. The molecular weight excluding hydrogens is 320 g/mol. The number of nitrogens with zero attached hydrogens (tertiary/aromatic N) is 1. The second kappa shape index (κ2) is 4.83. The summed E-state index contributed by atoms with van der Waals surface area (Å²) in [6.45, 7) is 0. The maximum atomic E-state index is 12.5. The summed E-state index contributed by atoms with van der Waals surface area (Å²) in [6.07, 6.45) is -7.90. The minimum atomic E-state index is -4.81. The summed E-state index contributed by atoms with van der Waals surface area (Å²) < 4.78 is 61.9. The summed E-state index contributed by atoms with van der Waals surface area (Å²) in [5.74, 6) is 0. The van der Waals surface area contributed by atoms with Crippen molar-refractivity contribution in [3.05, 3.63) is 28.0 Å². The average Bonchev–Trinajstić information content (AvgIpc) is 2.14. The van der Waals surface area contributed by atoms with Crippen LogP contribution in [-0.4, -0.2) is 4.98 Å². The van der Waals surface area contributed by atoms with Crippen molar-refractivity contribution in [3.8, 4) is 0 Å². The zero-order valence-electron chi connectivity index (χ0n) is 7.45. The molecule has 8 heteroatoms. The predicted octanol–water partition coefficient (Wildman–Crippen LogP) is 4.59. The smallest absolute Gasteiger partial charge is 0.242 e. The third-order valence-corrected chi connectivity index (χ3v) is 2.61. The van der Waals surface area contributed by atoms with Gasteiger partial charge in [-0.25, -0.2) is 13.8 Å². The van der Waals surface area contributed by atoms with E-state index >= 15 is 0 Å². The lowest BCUT2D eigenvalue weighted by Crippen LogP contribution is -2.13. The Kier molecular flexibility index (Phi) is 4.12. The highest BCUT2D eigenvalue weighted by Crippen LogP contribution is 2.36. The van der Waals surface area contributed by atoms with Gasteiger partial charge in [0, 0.05) is 15.9 Å². The minimum Gasteiger partial charge on any atom is -0.242 e. The monoisotopic (exact) mass is 323 g/mol. The highest BCUT2D eigenvalue weighted by atomic mass is 79.9. The van der Waals surface area contributed by atoms with E-state index in [0.29, 0.717) is 0 Å². The van der Waals surface area contributed by atoms with Gasteiger partial charge in [-0.3, -0.25) is 0 Å². The molecule has 0 bridgehead atoms. The van der Waals surface area contributed by atoms with E-state index in [9.17, 15) is 22.0 Å². The quantitative estimate of drug-likeness (QED) is 0.573. The Morgan fingerprint density at radius 3 is 2.31 bits per heavy atom. The number of halogens is 7. The molecule has 0 aliphatic rings. The van der Waals surface area contributed by atoms with Gasteiger partial charge >= 0.3 is 6.18 Å². The summed E-state index contributed by atoms with van der Waals surface area (Å²) in [7, 11) is 0. The number of aromatic nitrogens is 1. The van der Waals surface area contributed by atoms with Gasteiger partial charge in [0.1, 0.15) is 11.4 Å². The van der Waals surface area contributed by atoms with Gasteiger partial charge in [0.15, 0.2) is 0 Å². The van der Waals surface area contributed by atoms with Crippen molar-refractivity contribution in [2.45, 2.75) is 17.9 Å². The Labute approximate surface area is 101 Å². The molecule has 16 heavy (non-hydrogen) atoms. The van der Waals surface area contributed by atoms with Crippen LogP contribution < -0.4 is 0 Å². The topological polar surface area (TPSA) is 12.9 Å². The van der Waals surface area contributed by atoms with Crippen LogP contribution in [0.4, 0.5) is 22.0 Å². The first-order valence-corrected chi connectivity index (χ1v) is 5.38. The molecule has 1 rings (SSSR count). The maximum Gasteiger partial charge on any atom is 0.433 e. The van der Waals surface area contributed by atoms with E-state index in [-0.39, 0.29) is 15.9 Å². The summed E-state index contributed by atoms with van der Waals surface area (Å²) in [5.41, 5.74) is -2.72. The zero-order chi connectivity index (χ0) is 12.5. The van der Waals surface area contributed by atoms with Crippen molar-refractivity contribution < 1.29 is 22.0 Å². The largest absolute Gasteiger partial charge is 0.433 e. The number of pyridine rings is 1. The molecule has 0 unspecified atom stereocenters. The molecule has 0 radical (unpaired) electrons. The third-order valence-electron chi connectivity index (χ3n) is 1.72. The van der Waals surface area contributed by atoms with Gasteiger partial charge in [-0.05, 0) is 6.07 Å². The number of alkyl halides is 6. The lowest BCUT2D eigenvalue weighted by Gasteiger charge is -2.13. The second-order valence-corrected chi connectivity index (χ2v) is 3.76. The van der Waals surface area contributed by atoms with Crippen LogP contribution in [0.2, 0.25) is 5.02 Å². The molecule has 0 fully saturated rings. The van der Waals surface area contributed by atoms with Crippen molar-refractivity contribution in [2.75, 3.05) is 0 Å². The Morgan fingerprint density at radius 2 is 1.94 bits per heavy atom. The molecule has 1 aromatic rings. The minimum absolute atomic E-state index is 0.211. The van der Waals surface area contributed by atoms with E-state index in [1.54, 1.807) is 0 Å². The molecule has 0 aliphatic carbocycles. The molecule has 1 nitrogen and oxygen atoms in total. The van der Waals surface area contributed by atoms with Crippen LogP contribution in [0.1, 0.15) is 23.4 Å². The number of rotatable bonds is 2. The van der Waals surface area contributed by atoms with Crippen molar-refractivity contribution in [1.82, 2.24) is 4.98 Å². The van der Waals surface area contributed by atoms with E-state index in [2.05, 4.69) is 20.9 Å². The van der Waals surface area contributed by atoms with Gasteiger partial charge in [-0.2, -0.15) is 13.2 Å². The molecule has 1 heterocycles. The Balaban J connectivity index is 3.43. The highest BCUT2D eigenvalue weighted by molar-refractivity contribution is 9.08. The van der Waals surface area contributed by atoms with Crippen LogP contribution >= 0.6 is 27.5 Å². The fourth-order valence-electron chi connectivity index (χ4n) is 1.03. The Morgan fingerprint density at radius 1 is 1.38 bits per heavy atom.